The van der Waals surface area contributed by atoms with Crippen LogP contribution in [0, 0.1) is 15.9 Å². The summed E-state index contributed by atoms with van der Waals surface area (Å²) in [5.41, 5.74) is 6.22. The zero-order chi connectivity index (χ0) is 14.7. The van der Waals surface area contributed by atoms with Crippen LogP contribution in [0.5, 0.6) is 0 Å². The fourth-order valence-electron chi connectivity index (χ4n) is 2.04. The maximum absolute atomic E-state index is 13.4. The Hall–Kier alpha value is -2.63. The predicted octanol–water partition coefficient (Wildman–Crippen LogP) is 2.95. The van der Waals surface area contributed by atoms with Crippen molar-refractivity contribution in [2.24, 2.45) is 0 Å². The molecule has 0 unspecified atom stereocenters. The van der Waals surface area contributed by atoms with E-state index in [-0.39, 0.29) is 17.1 Å². The molecule has 5 nitrogen and oxygen atoms in total. The van der Waals surface area contributed by atoms with E-state index >= 15 is 0 Å². The van der Waals surface area contributed by atoms with Crippen LogP contribution in [0.25, 0.3) is 0 Å². The number of hydrogen-bond acceptors (Lipinski definition) is 4. The summed E-state index contributed by atoms with van der Waals surface area (Å²) in [5.74, 6) is -0.594. The molecule has 0 fully saturated rings. The van der Waals surface area contributed by atoms with Gasteiger partial charge in [-0.05, 0) is 5.56 Å². The normalized spacial score (nSPS) is 10.3. The lowest BCUT2D eigenvalue weighted by Gasteiger charge is -2.20. The number of hydrogen-bond donors (Lipinski definition) is 1. The molecule has 104 valence electrons. The molecule has 0 saturated heterocycles. The van der Waals surface area contributed by atoms with E-state index in [0.29, 0.717) is 6.54 Å². The lowest BCUT2D eigenvalue weighted by molar-refractivity contribution is -0.383. The van der Waals surface area contributed by atoms with Crippen LogP contribution < -0.4 is 10.6 Å². The quantitative estimate of drug-likeness (QED) is 0.529. The van der Waals surface area contributed by atoms with Crippen LogP contribution in [0.3, 0.4) is 0 Å². The molecule has 0 bridgehead atoms. The van der Waals surface area contributed by atoms with Gasteiger partial charge in [0.05, 0.1) is 4.92 Å². The Balaban J connectivity index is 2.38. The van der Waals surface area contributed by atoms with E-state index in [2.05, 4.69) is 0 Å². The predicted molar refractivity (Wildman–Crippen MR) is 76.0 cm³/mol. The zero-order valence-corrected chi connectivity index (χ0v) is 10.9. The molecule has 20 heavy (non-hydrogen) atoms. The minimum Gasteiger partial charge on any atom is -0.393 e. The van der Waals surface area contributed by atoms with Gasteiger partial charge in [-0.15, -0.1) is 0 Å². The van der Waals surface area contributed by atoms with Crippen molar-refractivity contribution in [3.8, 4) is 0 Å². The summed E-state index contributed by atoms with van der Waals surface area (Å²) < 4.78 is 13.4. The number of nitrogens with zero attached hydrogens (tertiary/aromatic N) is 2. The molecule has 0 aromatic heterocycles. The minimum atomic E-state index is -0.594. The third-order valence-electron chi connectivity index (χ3n) is 2.94. The Morgan fingerprint density at radius 2 is 1.95 bits per heavy atom. The number of nitrogen functional groups attached to an aromatic ring is 1. The molecule has 0 heterocycles. The largest absolute Gasteiger partial charge is 0.393 e. The average Bonchev–Trinajstić information content (AvgIpc) is 2.38. The smallest absolute Gasteiger partial charge is 0.315 e. The summed E-state index contributed by atoms with van der Waals surface area (Å²) in [4.78, 5) is 12.1. The summed E-state index contributed by atoms with van der Waals surface area (Å²) >= 11 is 0. The maximum Gasteiger partial charge on any atom is 0.315 e. The second kappa shape index (κ2) is 5.56. The summed E-state index contributed by atoms with van der Waals surface area (Å²) in [6.07, 6.45) is 0. The Labute approximate surface area is 115 Å². The van der Waals surface area contributed by atoms with Crippen molar-refractivity contribution >= 4 is 17.1 Å². The lowest BCUT2D eigenvalue weighted by Crippen LogP contribution is -2.18. The fraction of sp³-hybridized carbons (Fsp3) is 0.143. The first-order valence-electron chi connectivity index (χ1n) is 5.97. The van der Waals surface area contributed by atoms with Gasteiger partial charge in [-0.25, -0.2) is 4.39 Å². The van der Waals surface area contributed by atoms with Gasteiger partial charge in [0, 0.05) is 25.7 Å². The molecule has 2 N–H and O–H groups in total. The molecule has 0 amide bonds. The Morgan fingerprint density at radius 1 is 1.30 bits per heavy atom. The van der Waals surface area contributed by atoms with Gasteiger partial charge < -0.3 is 10.6 Å². The standard InChI is InChI=1S/C14H14FN3O2/c1-17(9-10-5-3-2-4-6-10)13-8-11(15)7-12(16)14(13)18(19)20/h2-8H,9,16H2,1H3. The molecule has 2 rings (SSSR count). The molecule has 0 aliphatic carbocycles. The van der Waals surface area contributed by atoms with E-state index in [1.807, 2.05) is 30.3 Å². The van der Waals surface area contributed by atoms with Gasteiger partial charge in [-0.2, -0.15) is 0 Å². The van der Waals surface area contributed by atoms with E-state index in [4.69, 9.17) is 5.73 Å². The van der Waals surface area contributed by atoms with Crippen LogP contribution in [0.1, 0.15) is 5.56 Å². The molecular weight excluding hydrogens is 261 g/mol. The summed E-state index contributed by atoms with van der Waals surface area (Å²) in [7, 11) is 1.66. The SMILES string of the molecule is CN(Cc1ccccc1)c1cc(F)cc(N)c1[N+](=O)[O-]. The van der Waals surface area contributed by atoms with E-state index in [0.717, 1.165) is 17.7 Å². The monoisotopic (exact) mass is 275 g/mol. The second-order valence-electron chi connectivity index (χ2n) is 4.46. The Bertz CT molecular complexity index is 632. The summed E-state index contributed by atoms with van der Waals surface area (Å²) in [5, 5.41) is 11.1. The number of nitrogens with two attached hydrogens (primary N) is 1. The van der Waals surface area contributed by atoms with Crippen molar-refractivity contribution in [1.82, 2.24) is 0 Å². The molecular formula is C14H14FN3O2. The van der Waals surface area contributed by atoms with Gasteiger partial charge in [0.25, 0.3) is 0 Å². The van der Waals surface area contributed by atoms with Crippen LogP contribution in [-0.2, 0) is 6.54 Å². The molecule has 0 saturated carbocycles. The first kappa shape index (κ1) is 13.8. The van der Waals surface area contributed by atoms with Gasteiger partial charge in [0.15, 0.2) is 0 Å². The van der Waals surface area contributed by atoms with Crippen LogP contribution >= 0.6 is 0 Å². The van der Waals surface area contributed by atoms with Crippen LogP contribution in [0.4, 0.5) is 21.5 Å². The van der Waals surface area contributed by atoms with Gasteiger partial charge in [0.2, 0.25) is 0 Å². The minimum absolute atomic E-state index is 0.163. The number of halogens is 1. The first-order chi connectivity index (χ1) is 9.49. The lowest BCUT2D eigenvalue weighted by atomic mass is 10.1. The zero-order valence-electron chi connectivity index (χ0n) is 10.9. The Kier molecular flexibility index (Phi) is 3.84. The van der Waals surface area contributed by atoms with Crippen molar-refractivity contribution < 1.29 is 9.31 Å². The third-order valence-corrected chi connectivity index (χ3v) is 2.94. The second-order valence-corrected chi connectivity index (χ2v) is 4.46. The third kappa shape index (κ3) is 2.85. The molecule has 0 radical (unpaired) electrons. The van der Waals surface area contributed by atoms with Crippen molar-refractivity contribution in [2.75, 3.05) is 17.7 Å². The highest BCUT2D eigenvalue weighted by Gasteiger charge is 2.22. The summed E-state index contributed by atoms with van der Waals surface area (Å²) in [6, 6.07) is 11.5. The molecule has 0 aliphatic heterocycles. The van der Waals surface area contributed by atoms with Crippen LogP contribution in [0.15, 0.2) is 42.5 Å². The van der Waals surface area contributed by atoms with Crippen molar-refractivity contribution in [2.45, 2.75) is 6.54 Å². The summed E-state index contributed by atoms with van der Waals surface area (Å²) in [6.45, 7) is 0.421. The highest BCUT2D eigenvalue weighted by Crippen LogP contribution is 2.34. The number of nitro groups is 1. The maximum atomic E-state index is 13.4. The van der Waals surface area contributed by atoms with Gasteiger partial charge in [-0.1, -0.05) is 30.3 Å². The van der Waals surface area contributed by atoms with Crippen LogP contribution in [-0.4, -0.2) is 12.0 Å². The van der Waals surface area contributed by atoms with Crippen molar-refractivity contribution in [3.05, 3.63) is 64.0 Å². The van der Waals surface area contributed by atoms with E-state index < -0.39 is 10.7 Å². The van der Waals surface area contributed by atoms with Gasteiger partial charge in [-0.3, -0.25) is 10.1 Å². The molecule has 6 heteroatoms. The molecule has 0 aliphatic rings. The number of anilines is 2. The highest BCUT2D eigenvalue weighted by molar-refractivity contribution is 5.75. The number of rotatable bonds is 4. The first-order valence-corrected chi connectivity index (χ1v) is 5.97. The van der Waals surface area contributed by atoms with E-state index in [1.54, 1.807) is 11.9 Å². The number of benzene rings is 2. The van der Waals surface area contributed by atoms with Gasteiger partial charge in [0.1, 0.15) is 17.2 Å². The van der Waals surface area contributed by atoms with Crippen molar-refractivity contribution in [1.29, 1.82) is 0 Å². The topological polar surface area (TPSA) is 72.4 Å². The van der Waals surface area contributed by atoms with E-state index in [1.165, 1.54) is 0 Å². The van der Waals surface area contributed by atoms with Crippen molar-refractivity contribution in [3.63, 3.8) is 0 Å². The molecule has 0 atom stereocenters. The average molecular weight is 275 g/mol. The fourth-order valence-corrected chi connectivity index (χ4v) is 2.04. The molecule has 0 spiro atoms. The van der Waals surface area contributed by atoms with E-state index in [9.17, 15) is 14.5 Å². The van der Waals surface area contributed by atoms with Gasteiger partial charge >= 0.3 is 5.69 Å². The Morgan fingerprint density at radius 3 is 2.55 bits per heavy atom. The molecule has 2 aromatic rings. The molecule has 2 aromatic carbocycles. The highest BCUT2D eigenvalue weighted by atomic mass is 19.1. The van der Waals surface area contributed by atoms with Crippen LogP contribution in [0.2, 0.25) is 0 Å². The number of nitro benzene ring substituents is 1.